The third kappa shape index (κ3) is 2.04. The van der Waals surface area contributed by atoms with Crippen molar-refractivity contribution in [1.29, 1.82) is 0 Å². The molecule has 5 nitrogen and oxygen atoms in total. The Hall–Kier alpha value is -2.31. The van der Waals surface area contributed by atoms with E-state index in [4.69, 9.17) is 15.2 Å². The number of aromatic amines is 1. The molecule has 20 heavy (non-hydrogen) atoms. The van der Waals surface area contributed by atoms with Crippen molar-refractivity contribution < 1.29 is 18.3 Å². The highest BCUT2D eigenvalue weighted by atomic mass is 19.3. The number of hydrogen-bond acceptors (Lipinski definition) is 4. The summed E-state index contributed by atoms with van der Waals surface area (Å²) >= 11 is 0. The fourth-order valence-electron chi connectivity index (χ4n) is 2.19. The zero-order valence-electron chi connectivity index (χ0n) is 10.7. The molecule has 0 aliphatic carbocycles. The maximum Gasteiger partial charge on any atom is 0.271 e. The van der Waals surface area contributed by atoms with Crippen molar-refractivity contribution in [1.82, 2.24) is 10.2 Å². The van der Waals surface area contributed by atoms with Gasteiger partial charge < -0.3 is 15.2 Å². The Morgan fingerprint density at radius 1 is 1.20 bits per heavy atom. The molecule has 3 rings (SSSR count). The quantitative estimate of drug-likeness (QED) is 0.887. The summed E-state index contributed by atoms with van der Waals surface area (Å²) in [5.74, 6) is -2.06. The minimum atomic E-state index is -3.03. The van der Waals surface area contributed by atoms with Crippen LogP contribution >= 0.6 is 0 Å². The summed E-state index contributed by atoms with van der Waals surface area (Å²) in [6, 6.07) is 2.82. The molecule has 0 saturated heterocycles. The van der Waals surface area contributed by atoms with Crippen molar-refractivity contribution in [2.45, 2.75) is 12.8 Å². The number of nitrogen functional groups attached to an aromatic ring is 1. The first-order valence-electron chi connectivity index (χ1n) is 6.08. The molecular formula is C13H13F2N3O2. The Kier molecular flexibility index (Phi) is 2.77. The number of anilines is 1. The van der Waals surface area contributed by atoms with Gasteiger partial charge in [-0.25, -0.2) is 8.78 Å². The van der Waals surface area contributed by atoms with Gasteiger partial charge in [0, 0.05) is 23.6 Å². The van der Waals surface area contributed by atoms with E-state index in [0.29, 0.717) is 30.3 Å². The first kappa shape index (κ1) is 12.7. The molecule has 2 heterocycles. The summed E-state index contributed by atoms with van der Waals surface area (Å²) < 4.78 is 38.5. The number of ether oxygens (including phenoxy) is 2. The zero-order valence-corrected chi connectivity index (χ0v) is 10.7. The second-order valence-corrected chi connectivity index (χ2v) is 4.63. The van der Waals surface area contributed by atoms with Gasteiger partial charge in [0.1, 0.15) is 19.0 Å². The molecular weight excluding hydrogens is 268 g/mol. The Balaban J connectivity index is 2.23. The largest absolute Gasteiger partial charge is 0.486 e. The third-order valence-corrected chi connectivity index (χ3v) is 3.11. The van der Waals surface area contributed by atoms with Crippen molar-refractivity contribution in [3.05, 3.63) is 23.9 Å². The van der Waals surface area contributed by atoms with Crippen LogP contribution < -0.4 is 15.2 Å². The van der Waals surface area contributed by atoms with Gasteiger partial charge in [0.05, 0.1) is 6.20 Å². The molecule has 0 radical (unpaired) electrons. The van der Waals surface area contributed by atoms with E-state index in [9.17, 15) is 8.78 Å². The monoisotopic (exact) mass is 281 g/mol. The Labute approximate surface area is 113 Å². The number of rotatable bonds is 2. The number of nitrogens with zero attached hydrogens (tertiary/aromatic N) is 1. The zero-order chi connectivity index (χ0) is 14.3. The molecule has 0 unspecified atom stereocenters. The van der Waals surface area contributed by atoms with Gasteiger partial charge in [0.2, 0.25) is 0 Å². The van der Waals surface area contributed by atoms with Crippen LogP contribution in [0.1, 0.15) is 12.5 Å². The van der Waals surface area contributed by atoms with E-state index in [0.717, 1.165) is 6.92 Å². The van der Waals surface area contributed by atoms with Gasteiger partial charge in [0.25, 0.3) is 5.92 Å². The van der Waals surface area contributed by atoms with Gasteiger partial charge in [-0.15, -0.1) is 0 Å². The Bertz CT molecular complexity index is 650. The lowest BCUT2D eigenvalue weighted by Crippen LogP contribution is -2.17. The van der Waals surface area contributed by atoms with Gasteiger partial charge in [-0.05, 0) is 12.1 Å². The molecule has 1 aliphatic rings. The van der Waals surface area contributed by atoms with Gasteiger partial charge in [-0.2, -0.15) is 5.10 Å². The lowest BCUT2D eigenvalue weighted by Gasteiger charge is -2.23. The average Bonchev–Trinajstić information content (AvgIpc) is 2.82. The molecule has 3 N–H and O–H groups in total. The fraction of sp³-hybridized carbons (Fsp3) is 0.308. The van der Waals surface area contributed by atoms with Crippen LogP contribution in [-0.2, 0) is 5.92 Å². The maximum absolute atomic E-state index is 13.8. The summed E-state index contributed by atoms with van der Waals surface area (Å²) in [5.41, 5.74) is 6.25. The lowest BCUT2D eigenvalue weighted by molar-refractivity contribution is 0.0176. The highest BCUT2D eigenvalue weighted by Crippen LogP contribution is 2.44. The summed E-state index contributed by atoms with van der Waals surface area (Å²) in [7, 11) is 0. The summed E-state index contributed by atoms with van der Waals surface area (Å²) in [6.07, 6.45) is 1.41. The topological polar surface area (TPSA) is 73.2 Å². The summed E-state index contributed by atoms with van der Waals surface area (Å²) in [5, 5.41) is 6.30. The van der Waals surface area contributed by atoms with Crippen LogP contribution in [-0.4, -0.2) is 23.4 Å². The van der Waals surface area contributed by atoms with Crippen molar-refractivity contribution in [2.75, 3.05) is 18.9 Å². The normalized spacial score (nSPS) is 14.3. The smallest absolute Gasteiger partial charge is 0.271 e. The van der Waals surface area contributed by atoms with Crippen molar-refractivity contribution in [3.63, 3.8) is 0 Å². The molecule has 1 aromatic heterocycles. The van der Waals surface area contributed by atoms with Crippen molar-refractivity contribution >= 4 is 5.82 Å². The standard InChI is InChI=1S/C13H13F2N3O2/c1-13(14,15)9-5-11-10(19-2-3-20-11)4-7(9)8-6-17-18-12(8)16/h4-6H,2-3H2,1H3,(H3,16,17,18). The van der Waals surface area contributed by atoms with E-state index in [1.165, 1.54) is 18.3 Å². The Morgan fingerprint density at radius 3 is 2.40 bits per heavy atom. The third-order valence-electron chi connectivity index (χ3n) is 3.11. The van der Waals surface area contributed by atoms with Gasteiger partial charge >= 0.3 is 0 Å². The van der Waals surface area contributed by atoms with E-state index in [1.807, 2.05) is 0 Å². The maximum atomic E-state index is 13.8. The first-order valence-corrected chi connectivity index (χ1v) is 6.08. The molecule has 1 aromatic carbocycles. The van der Waals surface area contributed by atoms with Crippen molar-refractivity contribution in [3.8, 4) is 22.6 Å². The molecule has 0 bridgehead atoms. The van der Waals surface area contributed by atoms with Crippen LogP contribution in [0.25, 0.3) is 11.1 Å². The van der Waals surface area contributed by atoms with Gasteiger partial charge in [-0.1, -0.05) is 0 Å². The minimum Gasteiger partial charge on any atom is -0.486 e. The SMILES string of the molecule is CC(F)(F)c1cc2c(cc1-c1cn[nH]c1N)OCCO2. The Morgan fingerprint density at radius 2 is 1.85 bits per heavy atom. The predicted molar refractivity (Wildman–Crippen MR) is 69.0 cm³/mol. The average molecular weight is 281 g/mol. The lowest BCUT2D eigenvalue weighted by atomic mass is 9.96. The molecule has 1 aliphatic heterocycles. The van der Waals surface area contributed by atoms with Crippen LogP contribution in [0.4, 0.5) is 14.6 Å². The summed E-state index contributed by atoms with van der Waals surface area (Å²) in [6.45, 7) is 1.56. The van der Waals surface area contributed by atoms with Gasteiger partial charge in [0.15, 0.2) is 11.5 Å². The van der Waals surface area contributed by atoms with E-state index < -0.39 is 5.92 Å². The first-order chi connectivity index (χ1) is 9.47. The van der Waals surface area contributed by atoms with Crippen molar-refractivity contribution in [2.24, 2.45) is 0 Å². The van der Waals surface area contributed by atoms with Crippen LogP contribution in [0.15, 0.2) is 18.3 Å². The number of aromatic nitrogens is 2. The predicted octanol–water partition coefficient (Wildman–Crippen LogP) is 2.54. The number of alkyl halides is 2. The number of nitrogens with two attached hydrogens (primary N) is 1. The molecule has 0 saturated carbocycles. The van der Waals surface area contributed by atoms with Crippen LogP contribution in [0, 0.1) is 0 Å². The second-order valence-electron chi connectivity index (χ2n) is 4.63. The number of H-pyrrole nitrogens is 1. The van der Waals surface area contributed by atoms with E-state index in [2.05, 4.69) is 10.2 Å². The molecule has 0 spiro atoms. The van der Waals surface area contributed by atoms with Crippen LogP contribution in [0.3, 0.4) is 0 Å². The fourth-order valence-corrected chi connectivity index (χ4v) is 2.19. The number of hydrogen-bond donors (Lipinski definition) is 2. The number of halogens is 2. The van der Waals surface area contributed by atoms with Crippen LogP contribution in [0.2, 0.25) is 0 Å². The minimum absolute atomic E-state index is 0.171. The van der Waals surface area contributed by atoms with E-state index in [1.54, 1.807) is 0 Å². The summed E-state index contributed by atoms with van der Waals surface area (Å²) in [4.78, 5) is 0. The van der Waals surface area contributed by atoms with Gasteiger partial charge in [-0.3, -0.25) is 5.10 Å². The molecule has 106 valence electrons. The molecule has 2 aromatic rings. The number of nitrogens with one attached hydrogen (secondary N) is 1. The van der Waals surface area contributed by atoms with E-state index in [-0.39, 0.29) is 16.9 Å². The number of benzene rings is 1. The molecule has 0 fully saturated rings. The molecule has 0 amide bonds. The second kappa shape index (κ2) is 4.36. The van der Waals surface area contributed by atoms with E-state index >= 15 is 0 Å². The number of fused-ring (bicyclic) bond motifs is 1. The highest BCUT2D eigenvalue weighted by molar-refractivity contribution is 5.78. The molecule has 7 heteroatoms. The molecule has 0 atom stereocenters. The highest BCUT2D eigenvalue weighted by Gasteiger charge is 2.31. The van der Waals surface area contributed by atoms with Crippen LogP contribution in [0.5, 0.6) is 11.5 Å².